The van der Waals surface area contributed by atoms with Gasteiger partial charge >= 0.3 is 0 Å². The Bertz CT molecular complexity index is 1150. The molecule has 0 spiro atoms. The van der Waals surface area contributed by atoms with Crippen molar-refractivity contribution in [2.75, 3.05) is 19.7 Å². The fraction of sp³-hybridized carbons (Fsp3) is 0.296. The summed E-state index contributed by atoms with van der Waals surface area (Å²) in [6, 6.07) is 19.1. The largest absolute Gasteiger partial charge is 0.368 e. The van der Waals surface area contributed by atoms with E-state index in [4.69, 9.17) is 10.5 Å². The molecule has 1 atom stereocenters. The van der Waals surface area contributed by atoms with Gasteiger partial charge in [0.05, 0.1) is 24.3 Å². The highest BCUT2D eigenvalue weighted by atomic mass is 16.5. The van der Waals surface area contributed by atoms with Gasteiger partial charge in [0.15, 0.2) is 0 Å². The first-order chi connectivity index (χ1) is 15.8. The van der Waals surface area contributed by atoms with Crippen molar-refractivity contribution in [3.63, 3.8) is 0 Å². The average molecular weight is 444 g/mol. The Labute approximate surface area is 194 Å². The highest BCUT2D eigenvalue weighted by molar-refractivity contribution is 5.94. The van der Waals surface area contributed by atoms with Crippen molar-refractivity contribution < 1.29 is 14.3 Å². The SMILES string of the molecule is Cc1ccc(C(C)(C)C(=O)N2CCO[C@@H](c3ccc(-c4cccc(C(N)=O)c4)cn3)C2)cc1. The minimum Gasteiger partial charge on any atom is -0.368 e. The van der Waals surface area contributed by atoms with E-state index in [-0.39, 0.29) is 12.0 Å². The highest BCUT2D eigenvalue weighted by Gasteiger charge is 2.36. The van der Waals surface area contributed by atoms with Gasteiger partial charge < -0.3 is 15.4 Å². The number of benzene rings is 2. The normalized spacial score (nSPS) is 16.5. The van der Waals surface area contributed by atoms with Gasteiger partial charge in [-0.3, -0.25) is 14.6 Å². The topological polar surface area (TPSA) is 85.5 Å². The number of hydrogen-bond acceptors (Lipinski definition) is 4. The van der Waals surface area contributed by atoms with Crippen LogP contribution in [0.3, 0.4) is 0 Å². The number of aromatic nitrogens is 1. The van der Waals surface area contributed by atoms with Crippen LogP contribution in [0, 0.1) is 6.92 Å². The summed E-state index contributed by atoms with van der Waals surface area (Å²) in [4.78, 5) is 31.4. The Morgan fingerprint density at radius 2 is 1.82 bits per heavy atom. The molecule has 2 heterocycles. The summed E-state index contributed by atoms with van der Waals surface area (Å²) in [5.74, 6) is -0.380. The van der Waals surface area contributed by atoms with Crippen LogP contribution >= 0.6 is 0 Å². The first-order valence-electron chi connectivity index (χ1n) is 11.1. The summed E-state index contributed by atoms with van der Waals surface area (Å²) >= 11 is 0. The van der Waals surface area contributed by atoms with Crippen molar-refractivity contribution >= 4 is 11.8 Å². The molecule has 4 rings (SSSR count). The fourth-order valence-electron chi connectivity index (χ4n) is 4.12. The van der Waals surface area contributed by atoms with E-state index in [0.29, 0.717) is 25.3 Å². The molecule has 6 heteroatoms. The lowest BCUT2D eigenvalue weighted by molar-refractivity contribution is -0.144. The van der Waals surface area contributed by atoms with Crippen LogP contribution in [0.1, 0.15) is 47.1 Å². The number of rotatable bonds is 5. The second-order valence-corrected chi connectivity index (χ2v) is 9.02. The summed E-state index contributed by atoms with van der Waals surface area (Å²) in [6.45, 7) is 7.46. The average Bonchev–Trinajstić information content (AvgIpc) is 2.84. The van der Waals surface area contributed by atoms with Crippen LogP contribution < -0.4 is 5.73 Å². The molecular weight excluding hydrogens is 414 g/mol. The fourth-order valence-corrected chi connectivity index (χ4v) is 4.12. The Morgan fingerprint density at radius 1 is 1.06 bits per heavy atom. The third-order valence-corrected chi connectivity index (χ3v) is 6.26. The number of morpholine rings is 1. The zero-order valence-electron chi connectivity index (χ0n) is 19.2. The molecule has 170 valence electrons. The quantitative estimate of drug-likeness (QED) is 0.645. The molecule has 0 unspecified atom stereocenters. The number of pyridine rings is 1. The molecule has 2 aromatic carbocycles. The number of hydrogen-bond donors (Lipinski definition) is 1. The first-order valence-corrected chi connectivity index (χ1v) is 11.1. The highest BCUT2D eigenvalue weighted by Crippen LogP contribution is 2.30. The van der Waals surface area contributed by atoms with Crippen LogP contribution in [0.15, 0.2) is 66.9 Å². The number of nitrogens with zero attached hydrogens (tertiary/aromatic N) is 2. The second kappa shape index (κ2) is 9.16. The van der Waals surface area contributed by atoms with Gasteiger partial charge in [-0.1, -0.05) is 48.0 Å². The van der Waals surface area contributed by atoms with E-state index < -0.39 is 11.3 Å². The lowest BCUT2D eigenvalue weighted by Gasteiger charge is -2.37. The van der Waals surface area contributed by atoms with Gasteiger partial charge in [0, 0.05) is 23.9 Å². The number of nitrogens with two attached hydrogens (primary N) is 1. The molecule has 1 fully saturated rings. The minimum absolute atomic E-state index is 0.0829. The predicted octanol–water partition coefficient (Wildman–Crippen LogP) is 4.03. The second-order valence-electron chi connectivity index (χ2n) is 9.02. The van der Waals surface area contributed by atoms with Gasteiger partial charge in [-0.2, -0.15) is 0 Å². The maximum absolute atomic E-state index is 13.4. The molecule has 33 heavy (non-hydrogen) atoms. The summed E-state index contributed by atoms with van der Waals surface area (Å²) in [5, 5.41) is 0. The smallest absolute Gasteiger partial charge is 0.248 e. The number of ether oxygens (including phenoxy) is 1. The Hall–Kier alpha value is -3.51. The monoisotopic (exact) mass is 443 g/mol. The molecule has 2 amide bonds. The zero-order valence-corrected chi connectivity index (χ0v) is 19.2. The van der Waals surface area contributed by atoms with Crippen LogP contribution in [0.5, 0.6) is 0 Å². The zero-order chi connectivity index (χ0) is 23.6. The van der Waals surface area contributed by atoms with Gasteiger partial charge in [0.1, 0.15) is 6.10 Å². The molecule has 2 N–H and O–H groups in total. The summed E-state index contributed by atoms with van der Waals surface area (Å²) in [7, 11) is 0. The van der Waals surface area contributed by atoms with Crippen LogP contribution in [-0.4, -0.2) is 41.4 Å². The predicted molar refractivity (Wildman–Crippen MR) is 128 cm³/mol. The Balaban J connectivity index is 1.49. The molecule has 0 bridgehead atoms. The molecule has 6 nitrogen and oxygen atoms in total. The molecule has 1 aromatic heterocycles. The third-order valence-electron chi connectivity index (χ3n) is 6.26. The third kappa shape index (κ3) is 4.81. The molecule has 1 aliphatic heterocycles. The first kappa shape index (κ1) is 22.7. The lowest BCUT2D eigenvalue weighted by Crippen LogP contribution is -2.49. The summed E-state index contributed by atoms with van der Waals surface area (Å²) in [5.41, 5.74) is 9.91. The van der Waals surface area contributed by atoms with Crippen molar-refractivity contribution in [2.24, 2.45) is 5.73 Å². The standard InChI is InChI=1S/C27H29N3O3/c1-18-7-10-22(11-8-18)27(2,3)26(32)30-13-14-33-24(17-30)23-12-9-21(16-29-23)19-5-4-6-20(15-19)25(28)31/h4-12,15-16,24H,13-14,17H2,1-3H3,(H2,28,31)/t24-/m1/s1. The minimum atomic E-state index is -0.627. The van der Waals surface area contributed by atoms with Crippen LogP contribution in [0.4, 0.5) is 0 Å². The van der Waals surface area contributed by atoms with E-state index in [9.17, 15) is 9.59 Å². The number of carbonyl (C=O) groups excluding carboxylic acids is 2. The molecule has 1 saturated heterocycles. The van der Waals surface area contributed by atoms with Crippen LogP contribution in [0.25, 0.3) is 11.1 Å². The van der Waals surface area contributed by atoms with E-state index in [0.717, 1.165) is 22.4 Å². The summed E-state index contributed by atoms with van der Waals surface area (Å²) < 4.78 is 5.96. The lowest BCUT2D eigenvalue weighted by atomic mass is 9.82. The van der Waals surface area contributed by atoms with Crippen molar-refractivity contribution in [1.82, 2.24) is 9.88 Å². The molecule has 1 aliphatic rings. The van der Waals surface area contributed by atoms with Gasteiger partial charge in [0.2, 0.25) is 11.8 Å². The Morgan fingerprint density at radius 3 is 2.48 bits per heavy atom. The maximum Gasteiger partial charge on any atom is 0.248 e. The van der Waals surface area contributed by atoms with E-state index in [1.165, 1.54) is 5.56 Å². The molecular formula is C27H29N3O3. The van der Waals surface area contributed by atoms with E-state index in [1.807, 2.05) is 68.1 Å². The van der Waals surface area contributed by atoms with Crippen molar-refractivity contribution in [3.05, 3.63) is 89.2 Å². The van der Waals surface area contributed by atoms with Crippen molar-refractivity contribution in [2.45, 2.75) is 32.3 Å². The molecule has 0 aliphatic carbocycles. The van der Waals surface area contributed by atoms with Crippen LogP contribution in [-0.2, 0) is 14.9 Å². The maximum atomic E-state index is 13.4. The van der Waals surface area contributed by atoms with Gasteiger partial charge in [-0.05, 0) is 50.1 Å². The number of carbonyl (C=O) groups is 2. The van der Waals surface area contributed by atoms with Gasteiger partial charge in [0.25, 0.3) is 0 Å². The number of amides is 2. The molecule has 0 radical (unpaired) electrons. The van der Waals surface area contributed by atoms with Crippen LogP contribution in [0.2, 0.25) is 0 Å². The van der Waals surface area contributed by atoms with E-state index in [1.54, 1.807) is 24.4 Å². The molecule has 3 aromatic rings. The van der Waals surface area contributed by atoms with E-state index >= 15 is 0 Å². The number of aryl methyl sites for hydroxylation is 1. The van der Waals surface area contributed by atoms with Crippen molar-refractivity contribution in [1.29, 1.82) is 0 Å². The Kier molecular flexibility index (Phi) is 6.29. The van der Waals surface area contributed by atoms with Gasteiger partial charge in [-0.25, -0.2) is 0 Å². The van der Waals surface area contributed by atoms with E-state index in [2.05, 4.69) is 4.98 Å². The number of primary amides is 1. The van der Waals surface area contributed by atoms with Crippen molar-refractivity contribution in [3.8, 4) is 11.1 Å². The van der Waals surface area contributed by atoms with Gasteiger partial charge in [-0.15, -0.1) is 0 Å². The summed E-state index contributed by atoms with van der Waals surface area (Å²) in [6.07, 6.45) is 1.47. The molecule has 0 saturated carbocycles.